The van der Waals surface area contributed by atoms with Crippen LogP contribution in [0.5, 0.6) is 5.75 Å². The Bertz CT molecular complexity index is 1030. The molecule has 0 aliphatic carbocycles. The van der Waals surface area contributed by atoms with E-state index in [2.05, 4.69) is 53.5 Å². The first-order valence-corrected chi connectivity index (χ1v) is 14.3. The van der Waals surface area contributed by atoms with Crippen LogP contribution in [0.1, 0.15) is 18.5 Å². The molecule has 0 radical (unpaired) electrons. The Morgan fingerprint density at radius 1 is 1.33 bits per heavy atom. The number of carbonyl (C=O) groups excluding carboxylic acids is 1. The Morgan fingerprint density at radius 2 is 2.06 bits per heavy atom. The molecular formula is C20H21FI4N6O2. The molecule has 1 aromatic heterocycles. The molecule has 1 amide bonds. The van der Waals surface area contributed by atoms with Crippen molar-refractivity contribution in [2.75, 3.05) is 25.0 Å². The van der Waals surface area contributed by atoms with Crippen molar-refractivity contribution in [1.29, 1.82) is 0 Å². The van der Waals surface area contributed by atoms with Crippen LogP contribution in [-0.4, -0.2) is 41.1 Å². The van der Waals surface area contributed by atoms with Gasteiger partial charge in [-0.05, 0) is 102 Å². The lowest BCUT2D eigenvalue weighted by molar-refractivity contribution is -0.114. The maximum absolute atomic E-state index is 14.2. The van der Waals surface area contributed by atoms with Gasteiger partial charge in [0.2, 0.25) is 0 Å². The molecule has 3 rings (SSSR count). The van der Waals surface area contributed by atoms with Crippen molar-refractivity contribution in [3.63, 3.8) is 0 Å². The molecule has 33 heavy (non-hydrogen) atoms. The molecule has 8 nitrogen and oxygen atoms in total. The maximum Gasteiger partial charge on any atom is 0.350 e. The summed E-state index contributed by atoms with van der Waals surface area (Å²) in [4.78, 5) is 25.7. The van der Waals surface area contributed by atoms with Crippen LogP contribution in [0, 0.1) is 16.4 Å². The fraction of sp³-hybridized carbons (Fsp3) is 0.400. The summed E-state index contributed by atoms with van der Waals surface area (Å²) in [5.74, 6) is 0.948. The molecule has 178 valence electrons. The predicted octanol–water partition coefficient (Wildman–Crippen LogP) is 5.54. The Kier molecular flexibility index (Phi) is 10.6. The highest BCUT2D eigenvalue weighted by Gasteiger charge is 2.25. The van der Waals surface area contributed by atoms with Gasteiger partial charge in [0.1, 0.15) is 17.8 Å². The second kappa shape index (κ2) is 12.7. The van der Waals surface area contributed by atoms with Crippen molar-refractivity contribution >= 4 is 117 Å². The van der Waals surface area contributed by atoms with E-state index < -0.39 is 1.87 Å². The van der Waals surface area contributed by atoms with Gasteiger partial charge in [0.25, 0.3) is 5.91 Å². The summed E-state index contributed by atoms with van der Waals surface area (Å²) in [5, 5.41) is 9.45. The summed E-state index contributed by atoms with van der Waals surface area (Å²) in [6.45, 7) is 4.36. The van der Waals surface area contributed by atoms with E-state index in [1.807, 2.05) is 28.7 Å². The SMILES string of the molecule is Cc1ncnc(Nc2ccc(I)cc2OC(F)(I)I)c1/N=C(\I)C(=O)NCC1CCNCC1. The van der Waals surface area contributed by atoms with Crippen molar-refractivity contribution in [2.24, 2.45) is 10.9 Å². The van der Waals surface area contributed by atoms with Gasteiger partial charge in [-0.15, -0.1) is 0 Å². The second-order valence-corrected chi connectivity index (χ2v) is 14.4. The van der Waals surface area contributed by atoms with Crippen LogP contribution < -0.4 is 20.7 Å². The average molecular weight is 904 g/mol. The Balaban J connectivity index is 1.81. The molecule has 3 N–H and O–H groups in total. The molecule has 1 fully saturated rings. The molecule has 0 bridgehead atoms. The molecule has 2 aromatic rings. The van der Waals surface area contributed by atoms with Gasteiger partial charge in [-0.1, -0.05) is 0 Å². The zero-order chi connectivity index (χ0) is 24.0. The fourth-order valence-corrected chi connectivity index (χ4v) is 4.54. The molecule has 0 saturated carbocycles. The second-order valence-electron chi connectivity index (χ2n) is 7.28. The summed E-state index contributed by atoms with van der Waals surface area (Å²) in [7, 11) is 0. The molecule has 0 spiro atoms. The monoisotopic (exact) mass is 904 g/mol. The number of aryl methyl sites for hydroxylation is 1. The quantitative estimate of drug-likeness (QED) is 0.183. The third-order valence-electron chi connectivity index (χ3n) is 4.83. The summed E-state index contributed by atoms with van der Waals surface area (Å²) >= 11 is 7.19. The normalized spacial score (nSPS) is 15.3. The van der Waals surface area contributed by atoms with Gasteiger partial charge in [-0.2, -0.15) is 4.39 Å². The van der Waals surface area contributed by atoms with Gasteiger partial charge in [0, 0.05) is 55.3 Å². The van der Waals surface area contributed by atoms with Crippen LogP contribution in [-0.2, 0) is 4.79 Å². The van der Waals surface area contributed by atoms with E-state index in [0.717, 1.165) is 29.5 Å². The number of halogens is 5. The predicted molar refractivity (Wildman–Crippen MR) is 161 cm³/mol. The molecule has 1 aliphatic heterocycles. The first-order chi connectivity index (χ1) is 15.6. The lowest BCUT2D eigenvalue weighted by Gasteiger charge is -2.22. The fourth-order valence-electron chi connectivity index (χ4n) is 3.17. The standard InChI is InChI=1S/C20H21FI4N6O2/c1-11-16(31-17(23)19(32)27-9-12-4-6-26-7-5-12)18(29-10-28-11)30-14-3-2-13(22)8-15(14)33-20(21,24)25/h2-3,8,10,12,26H,4-7,9H2,1H3,(H,27,32)(H,28,29,30)/b31-17-. The zero-order valence-corrected chi connectivity index (χ0v) is 26.1. The number of aromatic nitrogens is 2. The van der Waals surface area contributed by atoms with Gasteiger partial charge in [0.15, 0.2) is 9.54 Å². The molecule has 13 heteroatoms. The Hall–Kier alpha value is -0.150. The number of benzene rings is 1. The molecular weight excluding hydrogens is 883 g/mol. The third-order valence-corrected chi connectivity index (χ3v) is 6.68. The van der Waals surface area contributed by atoms with E-state index in [1.54, 1.807) is 64.2 Å². The van der Waals surface area contributed by atoms with Crippen molar-refractivity contribution in [3.8, 4) is 5.75 Å². The van der Waals surface area contributed by atoms with Crippen LogP contribution in [0.15, 0.2) is 29.5 Å². The number of aliphatic imine (C=N–C) groups is 1. The minimum atomic E-state index is -1.92. The third kappa shape index (κ3) is 8.78. The molecule has 0 atom stereocenters. The van der Waals surface area contributed by atoms with E-state index in [4.69, 9.17) is 4.74 Å². The van der Waals surface area contributed by atoms with Crippen LogP contribution in [0.4, 0.5) is 21.6 Å². The highest BCUT2D eigenvalue weighted by molar-refractivity contribution is 14.2. The number of nitrogens with one attached hydrogen (secondary N) is 3. The van der Waals surface area contributed by atoms with Gasteiger partial charge in [-0.3, -0.25) is 4.79 Å². The van der Waals surface area contributed by atoms with Crippen molar-refractivity contribution in [1.82, 2.24) is 20.6 Å². The van der Waals surface area contributed by atoms with Gasteiger partial charge < -0.3 is 20.7 Å². The topological polar surface area (TPSA) is 101 Å². The molecule has 0 unspecified atom stereocenters. The number of ether oxygens (including phenoxy) is 1. The molecule has 1 saturated heterocycles. The van der Waals surface area contributed by atoms with E-state index in [1.165, 1.54) is 6.33 Å². The van der Waals surface area contributed by atoms with Crippen molar-refractivity contribution < 1.29 is 13.9 Å². The van der Waals surface area contributed by atoms with Gasteiger partial charge in [0.05, 0.1) is 11.4 Å². The number of nitrogens with zero attached hydrogens (tertiary/aromatic N) is 3. The van der Waals surface area contributed by atoms with Gasteiger partial charge >= 0.3 is 1.87 Å². The summed E-state index contributed by atoms with van der Waals surface area (Å²) in [5.41, 5.74) is 1.55. The van der Waals surface area contributed by atoms with Crippen molar-refractivity contribution in [2.45, 2.75) is 21.6 Å². The minimum absolute atomic E-state index is 0.237. The first-order valence-electron chi connectivity index (χ1n) is 9.99. The number of amides is 1. The molecule has 1 aromatic carbocycles. The number of carbonyl (C=O) groups is 1. The molecule has 1 aliphatic rings. The van der Waals surface area contributed by atoms with Gasteiger partial charge in [-0.25, -0.2) is 15.0 Å². The lowest BCUT2D eigenvalue weighted by Crippen LogP contribution is -2.37. The van der Waals surface area contributed by atoms with E-state index >= 15 is 0 Å². The minimum Gasteiger partial charge on any atom is -0.440 e. The maximum atomic E-state index is 14.2. The summed E-state index contributed by atoms with van der Waals surface area (Å²) in [6, 6.07) is 5.37. The molecule has 2 heterocycles. The summed E-state index contributed by atoms with van der Waals surface area (Å²) < 4.78 is 18.9. The number of rotatable bonds is 8. The Morgan fingerprint density at radius 3 is 2.76 bits per heavy atom. The number of piperidine rings is 1. The number of anilines is 2. The van der Waals surface area contributed by atoms with Crippen LogP contribution >= 0.6 is 90.4 Å². The number of alkyl halides is 3. The Labute approximate surface area is 246 Å². The van der Waals surface area contributed by atoms with E-state index in [9.17, 15) is 9.18 Å². The number of hydrogen-bond donors (Lipinski definition) is 3. The first kappa shape index (κ1) is 27.4. The largest absolute Gasteiger partial charge is 0.440 e. The highest BCUT2D eigenvalue weighted by atomic mass is 127. The van der Waals surface area contributed by atoms with E-state index in [0.29, 0.717) is 41.1 Å². The zero-order valence-electron chi connectivity index (χ0n) is 17.5. The van der Waals surface area contributed by atoms with Crippen LogP contribution in [0.3, 0.4) is 0 Å². The van der Waals surface area contributed by atoms with E-state index in [-0.39, 0.29) is 9.63 Å². The van der Waals surface area contributed by atoms with Crippen LogP contribution in [0.2, 0.25) is 0 Å². The smallest absolute Gasteiger partial charge is 0.350 e. The lowest BCUT2D eigenvalue weighted by atomic mass is 9.98. The summed E-state index contributed by atoms with van der Waals surface area (Å²) in [6.07, 6.45) is 3.50. The highest BCUT2D eigenvalue weighted by Crippen LogP contribution is 2.39. The average Bonchev–Trinajstić information content (AvgIpc) is 2.75. The van der Waals surface area contributed by atoms with Crippen molar-refractivity contribution in [3.05, 3.63) is 33.8 Å². The number of hydrogen-bond acceptors (Lipinski definition) is 7. The van der Waals surface area contributed by atoms with Crippen LogP contribution in [0.25, 0.3) is 0 Å².